The van der Waals surface area contributed by atoms with Crippen LogP contribution in [0.2, 0.25) is 0 Å². The monoisotopic (exact) mass is 418 g/mol. The predicted octanol–water partition coefficient (Wildman–Crippen LogP) is 2.58. The van der Waals surface area contributed by atoms with Gasteiger partial charge < -0.3 is 10.2 Å². The Bertz CT molecular complexity index is 980. The summed E-state index contributed by atoms with van der Waals surface area (Å²) in [5.41, 5.74) is 2.69. The molecule has 4 rings (SSSR count). The number of benzene rings is 1. The first-order valence-corrected chi connectivity index (χ1v) is 10.9. The first-order chi connectivity index (χ1) is 15.1. The van der Waals surface area contributed by atoms with Crippen molar-refractivity contribution in [3.05, 3.63) is 77.7 Å². The van der Waals surface area contributed by atoms with Crippen molar-refractivity contribution in [2.45, 2.75) is 26.4 Å². The molecule has 162 valence electrons. The zero-order valence-electron chi connectivity index (χ0n) is 18.2. The highest BCUT2D eigenvalue weighted by Crippen LogP contribution is 2.13. The third kappa shape index (κ3) is 5.30. The van der Waals surface area contributed by atoms with Gasteiger partial charge in [0.2, 0.25) is 0 Å². The lowest BCUT2D eigenvalue weighted by molar-refractivity contribution is 0.0927. The van der Waals surface area contributed by atoms with E-state index in [1.807, 2.05) is 48.1 Å². The molecule has 3 aromatic rings. The average Bonchev–Trinajstić information content (AvgIpc) is 3.15. The van der Waals surface area contributed by atoms with E-state index < -0.39 is 0 Å². The molecule has 0 saturated carbocycles. The van der Waals surface area contributed by atoms with Gasteiger partial charge in [0.1, 0.15) is 5.82 Å². The number of piperazine rings is 1. The van der Waals surface area contributed by atoms with Crippen molar-refractivity contribution in [3.63, 3.8) is 0 Å². The Balaban J connectivity index is 1.27. The van der Waals surface area contributed by atoms with Gasteiger partial charge in [-0.3, -0.25) is 14.4 Å². The highest BCUT2D eigenvalue weighted by Gasteiger charge is 2.21. The van der Waals surface area contributed by atoms with Crippen molar-refractivity contribution in [3.8, 4) is 0 Å². The van der Waals surface area contributed by atoms with Crippen LogP contribution >= 0.6 is 0 Å². The van der Waals surface area contributed by atoms with Crippen LogP contribution in [0, 0.1) is 6.92 Å². The molecule has 1 fully saturated rings. The third-order valence-corrected chi connectivity index (χ3v) is 5.78. The quantitative estimate of drug-likeness (QED) is 0.639. The van der Waals surface area contributed by atoms with Crippen molar-refractivity contribution in [1.82, 2.24) is 25.0 Å². The Morgan fingerprint density at radius 2 is 1.81 bits per heavy atom. The summed E-state index contributed by atoms with van der Waals surface area (Å²) in [6.07, 6.45) is 3.51. The molecule has 0 aliphatic carbocycles. The van der Waals surface area contributed by atoms with Crippen molar-refractivity contribution >= 4 is 11.7 Å². The Morgan fingerprint density at radius 3 is 2.52 bits per heavy atom. The first-order valence-electron chi connectivity index (χ1n) is 10.9. The number of carbonyl (C=O) groups excluding carboxylic acids is 1. The highest BCUT2D eigenvalue weighted by molar-refractivity contribution is 5.95. The number of nitrogens with zero attached hydrogens (tertiary/aromatic N) is 5. The van der Waals surface area contributed by atoms with Crippen LogP contribution in [-0.4, -0.2) is 64.3 Å². The van der Waals surface area contributed by atoms with Crippen LogP contribution in [-0.2, 0) is 6.54 Å². The second-order valence-corrected chi connectivity index (χ2v) is 8.14. The maximum Gasteiger partial charge on any atom is 0.254 e. The van der Waals surface area contributed by atoms with Gasteiger partial charge in [0, 0.05) is 50.7 Å². The van der Waals surface area contributed by atoms with E-state index in [0.717, 1.165) is 44.2 Å². The second kappa shape index (κ2) is 9.75. The van der Waals surface area contributed by atoms with Crippen LogP contribution in [0.1, 0.15) is 28.5 Å². The van der Waals surface area contributed by atoms with E-state index in [1.54, 1.807) is 6.20 Å². The van der Waals surface area contributed by atoms with E-state index in [2.05, 4.69) is 50.3 Å². The van der Waals surface area contributed by atoms with E-state index in [0.29, 0.717) is 12.1 Å². The molecule has 1 aliphatic rings. The summed E-state index contributed by atoms with van der Waals surface area (Å²) in [6.45, 7) is 9.33. The van der Waals surface area contributed by atoms with Gasteiger partial charge in [-0.15, -0.1) is 0 Å². The number of anilines is 1. The summed E-state index contributed by atoms with van der Waals surface area (Å²) in [5.74, 6) is 0.975. The van der Waals surface area contributed by atoms with Crippen LogP contribution in [0.4, 0.5) is 5.82 Å². The molecule has 1 N–H and O–H groups in total. The number of nitrogens with one attached hydrogen (secondary N) is 1. The van der Waals surface area contributed by atoms with Gasteiger partial charge in [-0.05, 0) is 31.5 Å². The van der Waals surface area contributed by atoms with Crippen molar-refractivity contribution in [2.24, 2.45) is 0 Å². The Hall–Kier alpha value is -3.19. The molecule has 1 saturated heterocycles. The molecule has 1 aromatic carbocycles. The molecule has 31 heavy (non-hydrogen) atoms. The SMILES string of the molecule is Cc1c(C(=O)NC(C)CN2CCN(c3ccccn3)CC2)cnn1Cc1ccccc1. The summed E-state index contributed by atoms with van der Waals surface area (Å²) < 4.78 is 1.88. The lowest BCUT2D eigenvalue weighted by atomic mass is 10.2. The summed E-state index contributed by atoms with van der Waals surface area (Å²) in [7, 11) is 0. The molecule has 2 aromatic heterocycles. The Morgan fingerprint density at radius 1 is 1.06 bits per heavy atom. The predicted molar refractivity (Wildman–Crippen MR) is 122 cm³/mol. The van der Waals surface area contributed by atoms with Gasteiger partial charge >= 0.3 is 0 Å². The van der Waals surface area contributed by atoms with Gasteiger partial charge in [0.05, 0.1) is 18.3 Å². The molecule has 1 aliphatic heterocycles. The Kier molecular flexibility index (Phi) is 6.62. The molecule has 7 nitrogen and oxygen atoms in total. The first kappa shape index (κ1) is 21.1. The van der Waals surface area contributed by atoms with Crippen LogP contribution < -0.4 is 10.2 Å². The number of aromatic nitrogens is 3. The number of hydrogen-bond acceptors (Lipinski definition) is 5. The number of hydrogen-bond donors (Lipinski definition) is 1. The molecule has 1 atom stereocenters. The zero-order chi connectivity index (χ0) is 21.6. The fourth-order valence-corrected chi connectivity index (χ4v) is 4.02. The van der Waals surface area contributed by atoms with Crippen molar-refractivity contribution < 1.29 is 4.79 Å². The number of pyridine rings is 1. The van der Waals surface area contributed by atoms with Gasteiger partial charge in [-0.25, -0.2) is 4.98 Å². The van der Waals surface area contributed by atoms with Crippen LogP contribution in [0.5, 0.6) is 0 Å². The zero-order valence-corrected chi connectivity index (χ0v) is 18.2. The maximum absolute atomic E-state index is 12.8. The molecule has 0 bridgehead atoms. The molecule has 7 heteroatoms. The molecular formula is C24H30N6O. The number of rotatable bonds is 7. The van der Waals surface area contributed by atoms with E-state index in [-0.39, 0.29) is 11.9 Å². The van der Waals surface area contributed by atoms with Crippen LogP contribution in [0.3, 0.4) is 0 Å². The summed E-state index contributed by atoms with van der Waals surface area (Å²) in [6, 6.07) is 16.2. The number of amides is 1. The van der Waals surface area contributed by atoms with Crippen LogP contribution in [0.25, 0.3) is 0 Å². The minimum atomic E-state index is -0.0589. The topological polar surface area (TPSA) is 66.3 Å². The molecular weight excluding hydrogens is 388 g/mol. The molecule has 0 radical (unpaired) electrons. The lowest BCUT2D eigenvalue weighted by Crippen LogP contribution is -2.51. The minimum absolute atomic E-state index is 0.0589. The van der Waals surface area contributed by atoms with Gasteiger partial charge in [-0.2, -0.15) is 5.10 Å². The van der Waals surface area contributed by atoms with Gasteiger partial charge in [0.25, 0.3) is 5.91 Å². The molecule has 3 heterocycles. The van der Waals surface area contributed by atoms with Crippen molar-refractivity contribution in [2.75, 3.05) is 37.6 Å². The lowest BCUT2D eigenvalue weighted by Gasteiger charge is -2.36. The van der Waals surface area contributed by atoms with Crippen molar-refractivity contribution in [1.29, 1.82) is 0 Å². The fourth-order valence-electron chi connectivity index (χ4n) is 4.02. The maximum atomic E-state index is 12.8. The molecule has 1 unspecified atom stereocenters. The summed E-state index contributed by atoms with van der Waals surface area (Å²) >= 11 is 0. The second-order valence-electron chi connectivity index (χ2n) is 8.14. The van der Waals surface area contributed by atoms with E-state index in [4.69, 9.17) is 0 Å². The van der Waals surface area contributed by atoms with E-state index >= 15 is 0 Å². The molecule has 1 amide bonds. The summed E-state index contributed by atoms with van der Waals surface area (Å²) in [4.78, 5) is 22.0. The third-order valence-electron chi connectivity index (χ3n) is 5.78. The Labute approximate surface area is 183 Å². The minimum Gasteiger partial charge on any atom is -0.354 e. The van der Waals surface area contributed by atoms with Gasteiger partial charge in [-0.1, -0.05) is 36.4 Å². The largest absolute Gasteiger partial charge is 0.354 e. The highest BCUT2D eigenvalue weighted by atomic mass is 16.1. The number of carbonyl (C=O) groups is 1. The molecule has 0 spiro atoms. The van der Waals surface area contributed by atoms with E-state index in [9.17, 15) is 4.79 Å². The fraction of sp³-hybridized carbons (Fsp3) is 0.375. The van der Waals surface area contributed by atoms with Gasteiger partial charge in [0.15, 0.2) is 0 Å². The average molecular weight is 419 g/mol. The van der Waals surface area contributed by atoms with E-state index in [1.165, 1.54) is 5.56 Å². The summed E-state index contributed by atoms with van der Waals surface area (Å²) in [5, 5.41) is 7.57. The normalized spacial score (nSPS) is 15.6. The standard InChI is InChI=1S/C24H30N6O/c1-19(17-28-12-14-29(15-13-28)23-10-6-7-11-25-23)27-24(31)22-16-26-30(20(22)2)18-21-8-4-3-5-9-21/h3-11,16,19H,12-15,17-18H2,1-2H3,(H,27,31). The smallest absolute Gasteiger partial charge is 0.254 e. The van der Waals surface area contributed by atoms with Crippen LogP contribution in [0.15, 0.2) is 60.9 Å².